The van der Waals surface area contributed by atoms with Crippen LogP contribution < -0.4 is 5.73 Å². The fourth-order valence-corrected chi connectivity index (χ4v) is 0.920. The summed E-state index contributed by atoms with van der Waals surface area (Å²) in [6.45, 7) is 4.00. The van der Waals surface area contributed by atoms with E-state index in [9.17, 15) is 0 Å². The minimum absolute atomic E-state index is 0.643. The van der Waals surface area contributed by atoms with E-state index in [2.05, 4.69) is 22.1 Å². The number of aliphatic imine (C=N–C) groups is 1. The molecule has 12 heavy (non-hydrogen) atoms. The highest BCUT2D eigenvalue weighted by Gasteiger charge is 1.95. The number of aromatic nitrogens is 2. The molecule has 0 unspecified atom stereocenters. The Balaban J connectivity index is 2.67. The van der Waals surface area contributed by atoms with E-state index in [1.165, 1.54) is 0 Å². The summed E-state index contributed by atoms with van der Waals surface area (Å²) in [6, 6.07) is 1.86. The number of nitrogens with two attached hydrogens (primary N) is 1. The topological polar surface area (TPSA) is 67.1 Å². The van der Waals surface area contributed by atoms with Crippen molar-refractivity contribution < 1.29 is 0 Å². The van der Waals surface area contributed by atoms with Crippen molar-refractivity contribution in [1.29, 1.82) is 0 Å². The molecule has 0 atom stereocenters. The predicted molar refractivity (Wildman–Crippen MR) is 49.5 cm³/mol. The Morgan fingerprint density at radius 2 is 2.50 bits per heavy atom. The second-order valence-electron chi connectivity index (χ2n) is 2.76. The van der Waals surface area contributed by atoms with Gasteiger partial charge in [0.15, 0.2) is 5.82 Å². The monoisotopic (exact) mass is 166 g/mol. The van der Waals surface area contributed by atoms with E-state index in [0.29, 0.717) is 11.7 Å². The first-order chi connectivity index (χ1) is 5.72. The molecule has 0 saturated heterocycles. The molecule has 4 nitrogen and oxygen atoms in total. The van der Waals surface area contributed by atoms with Gasteiger partial charge in [-0.1, -0.05) is 6.92 Å². The molecular weight excluding hydrogens is 152 g/mol. The standard InChI is InChI=1S/C8H14N4/c1-3-4-7(9)10-8-5-6(2)11-12-8/h5H,3-4H2,1-2H3,(H3,9,10,11,12). The Labute approximate surface area is 71.9 Å². The quantitative estimate of drug-likeness (QED) is 0.528. The number of aromatic amines is 1. The van der Waals surface area contributed by atoms with Crippen molar-refractivity contribution in [3.63, 3.8) is 0 Å². The zero-order valence-electron chi connectivity index (χ0n) is 7.46. The molecule has 1 aromatic rings. The third kappa shape index (κ3) is 2.38. The van der Waals surface area contributed by atoms with Crippen LogP contribution in [0.3, 0.4) is 0 Å². The summed E-state index contributed by atoms with van der Waals surface area (Å²) in [6.07, 6.45) is 1.84. The molecule has 1 rings (SSSR count). The molecule has 3 N–H and O–H groups in total. The first kappa shape index (κ1) is 8.77. The van der Waals surface area contributed by atoms with Crippen LogP contribution in [0.4, 0.5) is 5.82 Å². The van der Waals surface area contributed by atoms with Crippen molar-refractivity contribution in [3.8, 4) is 0 Å². The van der Waals surface area contributed by atoms with Gasteiger partial charge in [-0.2, -0.15) is 5.10 Å². The average molecular weight is 166 g/mol. The molecular formula is C8H14N4. The summed E-state index contributed by atoms with van der Waals surface area (Å²) in [4.78, 5) is 4.12. The Kier molecular flexibility index (Phi) is 2.85. The summed E-state index contributed by atoms with van der Waals surface area (Å²) in [5, 5.41) is 6.75. The van der Waals surface area contributed by atoms with E-state index >= 15 is 0 Å². The van der Waals surface area contributed by atoms with Crippen LogP contribution in [0, 0.1) is 6.92 Å². The molecule has 0 aliphatic rings. The molecule has 0 radical (unpaired) electrons. The molecule has 4 heteroatoms. The van der Waals surface area contributed by atoms with Crippen LogP contribution in [0.5, 0.6) is 0 Å². The molecule has 0 aliphatic carbocycles. The first-order valence-electron chi connectivity index (χ1n) is 4.07. The van der Waals surface area contributed by atoms with E-state index in [1.54, 1.807) is 0 Å². The molecule has 0 aliphatic heterocycles. The minimum atomic E-state index is 0.643. The van der Waals surface area contributed by atoms with Gasteiger partial charge in [-0.25, -0.2) is 4.99 Å². The van der Waals surface area contributed by atoms with Crippen LogP contribution in [-0.4, -0.2) is 16.0 Å². The Hall–Kier alpha value is -1.32. The summed E-state index contributed by atoms with van der Waals surface area (Å²) in [5.74, 6) is 1.31. The second kappa shape index (κ2) is 3.90. The van der Waals surface area contributed by atoms with Gasteiger partial charge in [-0.3, -0.25) is 5.10 Å². The van der Waals surface area contributed by atoms with E-state index in [4.69, 9.17) is 5.73 Å². The molecule has 0 amide bonds. The largest absolute Gasteiger partial charge is 0.387 e. The van der Waals surface area contributed by atoms with Crippen LogP contribution in [0.1, 0.15) is 25.5 Å². The lowest BCUT2D eigenvalue weighted by Gasteiger charge is -1.93. The fraction of sp³-hybridized carbons (Fsp3) is 0.500. The van der Waals surface area contributed by atoms with Crippen molar-refractivity contribution in [2.45, 2.75) is 26.7 Å². The molecule has 1 aromatic heterocycles. The Morgan fingerprint density at radius 3 is 3.00 bits per heavy atom. The van der Waals surface area contributed by atoms with Gasteiger partial charge in [0, 0.05) is 18.2 Å². The predicted octanol–water partition coefficient (Wildman–Crippen LogP) is 1.51. The molecule has 0 fully saturated rings. The van der Waals surface area contributed by atoms with Gasteiger partial charge in [-0.05, 0) is 13.3 Å². The first-order valence-corrected chi connectivity index (χ1v) is 4.07. The number of aryl methyl sites for hydroxylation is 1. The number of rotatable bonds is 3. The van der Waals surface area contributed by atoms with Gasteiger partial charge in [0.05, 0.1) is 0 Å². The third-order valence-corrected chi connectivity index (χ3v) is 1.46. The maximum atomic E-state index is 5.62. The molecule has 1 heterocycles. The number of hydrogen-bond acceptors (Lipinski definition) is 2. The molecule has 66 valence electrons. The maximum Gasteiger partial charge on any atom is 0.175 e. The lowest BCUT2D eigenvalue weighted by atomic mass is 10.3. The van der Waals surface area contributed by atoms with Crippen LogP contribution in [0.15, 0.2) is 11.1 Å². The fourth-order valence-electron chi connectivity index (χ4n) is 0.920. The van der Waals surface area contributed by atoms with Gasteiger partial charge in [0.2, 0.25) is 0 Å². The summed E-state index contributed by atoms with van der Waals surface area (Å²) >= 11 is 0. The number of H-pyrrole nitrogens is 1. The normalized spacial score (nSPS) is 12.0. The second-order valence-corrected chi connectivity index (χ2v) is 2.76. The summed E-state index contributed by atoms with van der Waals surface area (Å²) in [7, 11) is 0. The van der Waals surface area contributed by atoms with Gasteiger partial charge in [0.1, 0.15) is 5.84 Å². The van der Waals surface area contributed by atoms with Crippen molar-refractivity contribution in [3.05, 3.63) is 11.8 Å². The highest BCUT2D eigenvalue weighted by atomic mass is 15.2. The zero-order chi connectivity index (χ0) is 8.97. The summed E-state index contributed by atoms with van der Waals surface area (Å²) < 4.78 is 0. The Bertz CT molecular complexity index is 274. The molecule has 0 bridgehead atoms. The Morgan fingerprint density at radius 1 is 1.75 bits per heavy atom. The van der Waals surface area contributed by atoms with E-state index in [1.807, 2.05) is 13.0 Å². The smallest absolute Gasteiger partial charge is 0.175 e. The summed E-state index contributed by atoms with van der Waals surface area (Å²) in [5.41, 5.74) is 6.62. The number of amidine groups is 1. The lowest BCUT2D eigenvalue weighted by molar-refractivity contribution is 0.978. The van der Waals surface area contributed by atoms with Crippen molar-refractivity contribution in [2.24, 2.45) is 10.7 Å². The van der Waals surface area contributed by atoms with E-state index in [-0.39, 0.29) is 0 Å². The highest BCUT2D eigenvalue weighted by molar-refractivity contribution is 5.82. The van der Waals surface area contributed by atoms with E-state index in [0.717, 1.165) is 18.5 Å². The number of hydrogen-bond donors (Lipinski definition) is 2. The van der Waals surface area contributed by atoms with Crippen molar-refractivity contribution in [1.82, 2.24) is 10.2 Å². The van der Waals surface area contributed by atoms with Crippen LogP contribution in [0.2, 0.25) is 0 Å². The van der Waals surface area contributed by atoms with Crippen LogP contribution >= 0.6 is 0 Å². The van der Waals surface area contributed by atoms with Gasteiger partial charge in [0.25, 0.3) is 0 Å². The molecule has 0 saturated carbocycles. The maximum absolute atomic E-state index is 5.62. The highest BCUT2D eigenvalue weighted by Crippen LogP contribution is 2.08. The van der Waals surface area contributed by atoms with Gasteiger partial charge in [-0.15, -0.1) is 0 Å². The SMILES string of the molecule is CCCC(N)=Nc1cc(C)[nH]n1. The van der Waals surface area contributed by atoms with Crippen LogP contribution in [0.25, 0.3) is 0 Å². The average Bonchev–Trinajstić information content (AvgIpc) is 2.36. The van der Waals surface area contributed by atoms with E-state index < -0.39 is 0 Å². The molecule has 0 aromatic carbocycles. The van der Waals surface area contributed by atoms with Gasteiger partial charge >= 0.3 is 0 Å². The number of nitrogens with one attached hydrogen (secondary N) is 1. The van der Waals surface area contributed by atoms with Crippen LogP contribution in [-0.2, 0) is 0 Å². The van der Waals surface area contributed by atoms with Crippen molar-refractivity contribution >= 4 is 11.7 Å². The molecule has 0 spiro atoms. The lowest BCUT2D eigenvalue weighted by Crippen LogP contribution is -2.09. The van der Waals surface area contributed by atoms with Crippen molar-refractivity contribution in [2.75, 3.05) is 0 Å². The van der Waals surface area contributed by atoms with Gasteiger partial charge < -0.3 is 5.73 Å². The minimum Gasteiger partial charge on any atom is -0.387 e. The third-order valence-electron chi connectivity index (χ3n) is 1.46. The number of nitrogens with zero attached hydrogens (tertiary/aromatic N) is 2. The zero-order valence-corrected chi connectivity index (χ0v) is 7.46.